The van der Waals surface area contributed by atoms with Gasteiger partial charge in [-0.25, -0.2) is 9.67 Å². The summed E-state index contributed by atoms with van der Waals surface area (Å²) >= 11 is 1.51. The monoisotopic (exact) mass is 430 g/mol. The number of ether oxygens (including phenoxy) is 3. The number of benzene rings is 2. The number of pyridine rings is 1. The summed E-state index contributed by atoms with van der Waals surface area (Å²) in [6, 6.07) is 17.4. The summed E-state index contributed by atoms with van der Waals surface area (Å²) in [5, 5.41) is 6.77. The molecule has 0 saturated heterocycles. The zero-order valence-electron chi connectivity index (χ0n) is 16.6. The van der Waals surface area contributed by atoms with Gasteiger partial charge in [0.15, 0.2) is 11.5 Å². The molecule has 0 radical (unpaired) electrons. The van der Waals surface area contributed by atoms with Crippen molar-refractivity contribution in [1.29, 1.82) is 0 Å². The van der Waals surface area contributed by atoms with E-state index in [-0.39, 0.29) is 6.79 Å². The van der Waals surface area contributed by atoms with Crippen LogP contribution in [-0.2, 0) is 0 Å². The van der Waals surface area contributed by atoms with Crippen molar-refractivity contribution in [3.63, 3.8) is 0 Å². The Bertz CT molecular complexity index is 1290. The smallest absolute Gasteiger partial charge is 0.231 e. The molecule has 0 atom stereocenters. The van der Waals surface area contributed by atoms with Gasteiger partial charge < -0.3 is 14.2 Å². The lowest BCUT2D eigenvalue weighted by Crippen LogP contribution is -2.11. The second-order valence-electron chi connectivity index (χ2n) is 6.62. The zero-order chi connectivity index (χ0) is 21.0. The van der Waals surface area contributed by atoms with Crippen LogP contribution in [0.4, 0.5) is 5.69 Å². The van der Waals surface area contributed by atoms with Gasteiger partial charge in [0.25, 0.3) is 0 Å². The second kappa shape index (κ2) is 8.45. The maximum Gasteiger partial charge on any atom is 0.231 e. The number of hydrogen-bond donors (Lipinski definition) is 0. The van der Waals surface area contributed by atoms with Crippen LogP contribution >= 0.6 is 11.3 Å². The quantitative estimate of drug-likeness (QED) is 0.438. The summed E-state index contributed by atoms with van der Waals surface area (Å²) in [5.74, 6) is 2.26. The van der Waals surface area contributed by atoms with Crippen LogP contribution in [0.2, 0.25) is 0 Å². The molecule has 3 heterocycles. The van der Waals surface area contributed by atoms with E-state index in [0.717, 1.165) is 44.6 Å². The molecule has 0 unspecified atom stereocenters. The van der Waals surface area contributed by atoms with Crippen molar-refractivity contribution >= 4 is 23.2 Å². The highest BCUT2D eigenvalue weighted by Gasteiger charge is 2.13. The minimum atomic E-state index is 0.241. The highest BCUT2D eigenvalue weighted by Crippen LogP contribution is 2.32. The Morgan fingerprint density at radius 1 is 1.10 bits per heavy atom. The first-order valence-corrected chi connectivity index (χ1v) is 10.4. The number of nitrogens with zero attached hydrogens (tertiary/aromatic N) is 4. The fourth-order valence-corrected chi connectivity index (χ4v) is 3.95. The van der Waals surface area contributed by atoms with Crippen LogP contribution in [0.25, 0.3) is 11.3 Å². The van der Waals surface area contributed by atoms with Gasteiger partial charge in [-0.1, -0.05) is 0 Å². The summed E-state index contributed by atoms with van der Waals surface area (Å²) in [6.07, 6.45) is 5.23. The predicted molar refractivity (Wildman–Crippen MR) is 119 cm³/mol. The standard InChI is InChI=1S/C23H18N4O3S/c1-28-19-7-5-17(6-8-19)20-14-31-23(26-18-3-2-10-24-13-18)27(20)25-12-16-4-9-21-22(11-16)30-15-29-21/h2-14H,15H2,1H3. The van der Waals surface area contributed by atoms with E-state index >= 15 is 0 Å². The van der Waals surface area contributed by atoms with Crippen LogP contribution < -0.4 is 19.0 Å². The molecule has 8 heteroatoms. The van der Waals surface area contributed by atoms with E-state index in [4.69, 9.17) is 24.3 Å². The molecule has 5 rings (SSSR count). The third-order valence-corrected chi connectivity index (χ3v) is 5.48. The molecule has 0 saturated carbocycles. The molecular formula is C23H18N4O3S. The third kappa shape index (κ3) is 4.06. The lowest BCUT2D eigenvalue weighted by atomic mass is 10.2. The van der Waals surface area contributed by atoms with Crippen molar-refractivity contribution in [3.8, 4) is 28.5 Å². The molecule has 1 aliphatic rings. The van der Waals surface area contributed by atoms with Crippen molar-refractivity contribution in [2.75, 3.05) is 13.9 Å². The number of aromatic nitrogens is 2. The molecule has 0 N–H and O–H groups in total. The Balaban J connectivity index is 1.58. The van der Waals surface area contributed by atoms with Crippen molar-refractivity contribution in [2.24, 2.45) is 10.1 Å². The number of hydrogen-bond acceptors (Lipinski definition) is 7. The predicted octanol–water partition coefficient (Wildman–Crippen LogP) is 4.46. The van der Waals surface area contributed by atoms with Crippen LogP contribution in [0.5, 0.6) is 17.2 Å². The molecule has 0 amide bonds. The van der Waals surface area contributed by atoms with E-state index in [1.807, 2.05) is 64.7 Å². The van der Waals surface area contributed by atoms with Gasteiger partial charge in [0.1, 0.15) is 5.75 Å². The topological polar surface area (TPSA) is 70.2 Å². The molecule has 2 aromatic heterocycles. The van der Waals surface area contributed by atoms with Crippen LogP contribution in [0, 0.1) is 0 Å². The van der Waals surface area contributed by atoms with E-state index in [9.17, 15) is 0 Å². The van der Waals surface area contributed by atoms with Gasteiger partial charge in [0.05, 0.1) is 30.9 Å². The molecule has 154 valence electrons. The maximum absolute atomic E-state index is 5.47. The molecule has 0 spiro atoms. The van der Waals surface area contributed by atoms with Gasteiger partial charge in [-0.05, 0) is 60.2 Å². The fourth-order valence-electron chi connectivity index (χ4n) is 3.10. The first kappa shape index (κ1) is 19.1. The summed E-state index contributed by atoms with van der Waals surface area (Å²) in [5.41, 5.74) is 3.59. The summed E-state index contributed by atoms with van der Waals surface area (Å²) in [4.78, 5) is 9.60. The minimum absolute atomic E-state index is 0.241. The van der Waals surface area contributed by atoms with Gasteiger partial charge in [-0.2, -0.15) is 5.10 Å². The van der Waals surface area contributed by atoms with Crippen molar-refractivity contribution in [1.82, 2.24) is 9.66 Å². The van der Waals surface area contributed by atoms with Crippen molar-refractivity contribution < 1.29 is 14.2 Å². The summed E-state index contributed by atoms with van der Waals surface area (Å²) in [7, 11) is 1.65. The number of methoxy groups -OCH3 is 1. The Hall–Kier alpha value is -3.91. The van der Waals surface area contributed by atoms with Crippen LogP contribution in [-0.4, -0.2) is 29.8 Å². The first-order chi connectivity index (χ1) is 15.3. The van der Waals surface area contributed by atoms with Crippen molar-refractivity contribution in [3.05, 3.63) is 82.7 Å². The van der Waals surface area contributed by atoms with Gasteiger partial charge in [-0.3, -0.25) is 4.98 Å². The van der Waals surface area contributed by atoms with Gasteiger partial charge in [-0.15, -0.1) is 11.3 Å². The second-order valence-corrected chi connectivity index (χ2v) is 7.46. The zero-order valence-corrected chi connectivity index (χ0v) is 17.5. The summed E-state index contributed by atoms with van der Waals surface area (Å²) < 4.78 is 18.0. The van der Waals surface area contributed by atoms with Crippen LogP contribution in [0.1, 0.15) is 5.56 Å². The molecule has 1 aliphatic heterocycles. The van der Waals surface area contributed by atoms with E-state index in [2.05, 4.69) is 4.98 Å². The average Bonchev–Trinajstić information content (AvgIpc) is 3.45. The molecule has 7 nitrogen and oxygen atoms in total. The Morgan fingerprint density at radius 2 is 1.97 bits per heavy atom. The lowest BCUT2D eigenvalue weighted by Gasteiger charge is -2.05. The van der Waals surface area contributed by atoms with E-state index in [1.54, 1.807) is 25.7 Å². The molecule has 4 aromatic rings. The first-order valence-electron chi connectivity index (χ1n) is 9.54. The number of thiazole rings is 1. The Labute approximate surface area is 182 Å². The molecule has 0 aliphatic carbocycles. The van der Waals surface area contributed by atoms with E-state index in [0.29, 0.717) is 0 Å². The van der Waals surface area contributed by atoms with E-state index in [1.165, 1.54) is 11.3 Å². The van der Waals surface area contributed by atoms with E-state index < -0.39 is 0 Å². The van der Waals surface area contributed by atoms with Crippen molar-refractivity contribution in [2.45, 2.75) is 0 Å². The highest BCUT2D eigenvalue weighted by atomic mass is 32.1. The highest BCUT2D eigenvalue weighted by molar-refractivity contribution is 7.07. The fraction of sp³-hybridized carbons (Fsp3) is 0.0870. The van der Waals surface area contributed by atoms with Crippen LogP contribution in [0.3, 0.4) is 0 Å². The van der Waals surface area contributed by atoms with Gasteiger partial charge in [0, 0.05) is 17.1 Å². The van der Waals surface area contributed by atoms with Gasteiger partial charge >= 0.3 is 0 Å². The van der Waals surface area contributed by atoms with Gasteiger partial charge in [0.2, 0.25) is 11.6 Å². The average molecular weight is 430 g/mol. The number of rotatable bonds is 5. The largest absolute Gasteiger partial charge is 0.497 e. The number of fused-ring (bicyclic) bond motifs is 1. The molecule has 0 fully saturated rings. The third-order valence-electron chi connectivity index (χ3n) is 4.66. The molecular weight excluding hydrogens is 412 g/mol. The Kier molecular flexibility index (Phi) is 5.20. The Morgan fingerprint density at radius 3 is 2.77 bits per heavy atom. The van der Waals surface area contributed by atoms with Crippen LogP contribution in [0.15, 0.2) is 82.5 Å². The molecule has 2 aromatic carbocycles. The maximum atomic E-state index is 5.47. The normalized spacial score (nSPS) is 13.1. The lowest BCUT2D eigenvalue weighted by molar-refractivity contribution is 0.174. The summed E-state index contributed by atoms with van der Waals surface area (Å²) in [6.45, 7) is 0.241. The SMILES string of the molecule is COc1ccc(-c2csc(=Nc3cccnc3)n2N=Cc2ccc3c(c2)OCO3)cc1. The minimum Gasteiger partial charge on any atom is -0.497 e. The molecule has 0 bridgehead atoms. The molecule has 31 heavy (non-hydrogen) atoms.